The van der Waals surface area contributed by atoms with E-state index in [0.29, 0.717) is 4.79 Å². The van der Waals surface area contributed by atoms with Gasteiger partial charge < -0.3 is 4.43 Å². The molecule has 4 heteroatoms. The van der Waals surface area contributed by atoms with Crippen molar-refractivity contribution in [1.82, 2.24) is 0 Å². The van der Waals surface area contributed by atoms with Crippen molar-refractivity contribution in [3.63, 3.8) is 0 Å². The molecule has 0 radical (unpaired) electrons. The van der Waals surface area contributed by atoms with Gasteiger partial charge in [-0.25, -0.2) is 0 Å². The van der Waals surface area contributed by atoms with Crippen molar-refractivity contribution < 1.29 is 4.43 Å². The zero-order chi connectivity index (χ0) is 18.7. The van der Waals surface area contributed by atoms with Gasteiger partial charge in [0.2, 0.25) is 0 Å². The molecule has 0 N–H and O–H groups in total. The van der Waals surface area contributed by atoms with Crippen LogP contribution in [0.1, 0.15) is 6.92 Å². The summed E-state index contributed by atoms with van der Waals surface area (Å²) in [6, 6.07) is 22.3. The molecule has 0 bridgehead atoms. The molecule has 25 heavy (non-hydrogen) atoms. The van der Waals surface area contributed by atoms with Crippen molar-refractivity contribution in [1.29, 1.82) is 0 Å². The fraction of sp³-hybridized carbons (Fsp3) is 0.429. The molecular formula is C21H34OSi3. The average Bonchev–Trinajstić information content (AvgIpc) is 2.53. The number of benzene rings is 2. The SMILES string of the molecule is CCO[Si](c1ccccc1)(c1ccccc1)C([Si](C)(C)C)[Si](C)(C)C. The predicted octanol–water partition coefficient (Wildman–Crippen LogP) is 4.91. The Hall–Kier alpha value is -0.949. The van der Waals surface area contributed by atoms with Gasteiger partial charge in [0.05, 0.1) is 0 Å². The third kappa shape index (κ3) is 4.25. The number of hydrogen-bond donors (Lipinski definition) is 0. The third-order valence-corrected chi connectivity index (χ3v) is 25.2. The van der Waals surface area contributed by atoms with E-state index in [1.807, 2.05) is 0 Å². The third-order valence-electron chi connectivity index (χ3n) is 4.92. The summed E-state index contributed by atoms with van der Waals surface area (Å²) in [6.45, 7) is 18.2. The fourth-order valence-corrected chi connectivity index (χ4v) is 30.8. The smallest absolute Gasteiger partial charge is 0.253 e. The molecule has 136 valence electrons. The van der Waals surface area contributed by atoms with Gasteiger partial charge in [-0.15, -0.1) is 0 Å². The lowest BCUT2D eigenvalue weighted by atomic mass is 10.4. The van der Waals surface area contributed by atoms with Crippen molar-refractivity contribution in [2.75, 3.05) is 6.61 Å². The molecule has 0 aliphatic carbocycles. The van der Waals surface area contributed by atoms with Crippen LogP contribution in [0, 0.1) is 0 Å². The van der Waals surface area contributed by atoms with E-state index in [9.17, 15) is 0 Å². The van der Waals surface area contributed by atoms with Crippen molar-refractivity contribution >= 4 is 34.8 Å². The first kappa shape index (κ1) is 20.4. The van der Waals surface area contributed by atoms with Gasteiger partial charge in [0.1, 0.15) is 0 Å². The molecule has 0 atom stereocenters. The van der Waals surface area contributed by atoms with E-state index in [1.54, 1.807) is 0 Å². The summed E-state index contributed by atoms with van der Waals surface area (Å²) in [6.07, 6.45) is 0. The van der Waals surface area contributed by atoms with Gasteiger partial charge in [0.25, 0.3) is 8.32 Å². The molecule has 0 heterocycles. The first-order valence-corrected chi connectivity index (χ1v) is 18.5. The topological polar surface area (TPSA) is 9.23 Å². The van der Waals surface area contributed by atoms with Gasteiger partial charge in [-0.2, -0.15) is 0 Å². The molecule has 2 aromatic carbocycles. The summed E-state index contributed by atoms with van der Waals surface area (Å²) < 4.78 is 6.93. The van der Waals surface area contributed by atoms with Crippen LogP contribution in [0.5, 0.6) is 0 Å². The highest BCUT2D eigenvalue weighted by Gasteiger charge is 2.56. The lowest BCUT2D eigenvalue weighted by Gasteiger charge is -2.50. The maximum atomic E-state index is 6.93. The second kappa shape index (κ2) is 7.74. The van der Waals surface area contributed by atoms with Crippen molar-refractivity contribution in [3.8, 4) is 0 Å². The van der Waals surface area contributed by atoms with Gasteiger partial charge in [-0.1, -0.05) is 99.9 Å². The van der Waals surface area contributed by atoms with Gasteiger partial charge in [0, 0.05) is 22.8 Å². The van der Waals surface area contributed by atoms with Crippen molar-refractivity contribution in [2.45, 2.75) is 51.0 Å². The van der Waals surface area contributed by atoms with Crippen LogP contribution in [-0.2, 0) is 4.43 Å². The molecule has 2 rings (SSSR count). The summed E-state index contributed by atoms with van der Waals surface area (Å²) in [4.78, 5) is 0.706. The van der Waals surface area contributed by atoms with Crippen LogP contribution in [0.2, 0.25) is 44.1 Å². The summed E-state index contributed by atoms with van der Waals surface area (Å²) in [5, 5.41) is 2.89. The Morgan fingerprint density at radius 1 is 0.680 bits per heavy atom. The minimum atomic E-state index is -2.32. The Morgan fingerprint density at radius 2 is 1.04 bits per heavy atom. The normalized spacial score (nSPS) is 13.3. The molecule has 0 fully saturated rings. The maximum Gasteiger partial charge on any atom is 0.253 e. The zero-order valence-electron chi connectivity index (χ0n) is 17.0. The Bertz CT molecular complexity index is 604. The first-order valence-electron chi connectivity index (χ1n) is 9.39. The predicted molar refractivity (Wildman–Crippen MR) is 120 cm³/mol. The van der Waals surface area contributed by atoms with Crippen LogP contribution in [-0.4, -0.2) is 31.1 Å². The van der Waals surface area contributed by atoms with E-state index >= 15 is 0 Å². The molecule has 0 aliphatic rings. The van der Waals surface area contributed by atoms with Crippen LogP contribution < -0.4 is 10.4 Å². The first-order chi connectivity index (χ1) is 11.6. The van der Waals surface area contributed by atoms with Crippen LogP contribution in [0.3, 0.4) is 0 Å². The largest absolute Gasteiger partial charge is 0.408 e. The van der Waals surface area contributed by atoms with Gasteiger partial charge in [-0.05, 0) is 22.1 Å². The molecule has 2 aromatic rings. The molecule has 0 saturated carbocycles. The van der Waals surface area contributed by atoms with E-state index in [-0.39, 0.29) is 0 Å². The Balaban J connectivity index is 2.87. The quantitative estimate of drug-likeness (QED) is 0.614. The van der Waals surface area contributed by atoms with Crippen molar-refractivity contribution in [2.24, 2.45) is 0 Å². The van der Waals surface area contributed by atoms with Crippen LogP contribution in [0.4, 0.5) is 0 Å². The molecule has 0 aliphatic heterocycles. The monoisotopic (exact) mass is 386 g/mol. The van der Waals surface area contributed by atoms with E-state index in [2.05, 4.69) is 107 Å². The minimum absolute atomic E-state index is 0.706. The number of hydrogen-bond acceptors (Lipinski definition) is 1. The summed E-state index contributed by atoms with van der Waals surface area (Å²) in [7, 11) is -5.25. The highest BCUT2D eigenvalue weighted by atomic mass is 28.5. The van der Waals surface area contributed by atoms with Crippen molar-refractivity contribution in [3.05, 3.63) is 60.7 Å². The maximum absolute atomic E-state index is 6.93. The number of rotatable bonds is 7. The summed E-state index contributed by atoms with van der Waals surface area (Å²) >= 11 is 0. The highest BCUT2D eigenvalue weighted by molar-refractivity contribution is 7.19. The molecule has 1 nitrogen and oxygen atoms in total. The van der Waals surface area contributed by atoms with E-state index in [0.717, 1.165) is 6.61 Å². The van der Waals surface area contributed by atoms with Crippen LogP contribution in [0.25, 0.3) is 0 Å². The fourth-order valence-electron chi connectivity index (χ4n) is 4.87. The van der Waals surface area contributed by atoms with Crippen LogP contribution >= 0.6 is 0 Å². The molecule has 0 aromatic heterocycles. The standard InChI is InChI=1S/C21H34OSi3/c1-8-22-25(19-15-11-9-12-16-19,20-17-13-10-14-18-20)21(23(2,3)4)24(5,6)7/h9-18,21H,8H2,1-7H3. The Labute approximate surface area is 157 Å². The van der Waals surface area contributed by atoms with E-state index in [4.69, 9.17) is 4.43 Å². The lowest BCUT2D eigenvalue weighted by molar-refractivity contribution is 0.339. The molecule has 0 amide bonds. The zero-order valence-corrected chi connectivity index (χ0v) is 20.0. The van der Waals surface area contributed by atoms with E-state index in [1.165, 1.54) is 10.4 Å². The second-order valence-electron chi connectivity index (χ2n) is 9.07. The summed E-state index contributed by atoms with van der Waals surface area (Å²) in [5.74, 6) is 0. The van der Waals surface area contributed by atoms with Crippen LogP contribution in [0.15, 0.2) is 60.7 Å². The molecule has 0 spiro atoms. The highest BCUT2D eigenvalue weighted by Crippen LogP contribution is 2.40. The molecule has 0 saturated heterocycles. The van der Waals surface area contributed by atoms with E-state index < -0.39 is 24.5 Å². The lowest BCUT2D eigenvalue weighted by Crippen LogP contribution is -2.73. The van der Waals surface area contributed by atoms with Gasteiger partial charge in [-0.3, -0.25) is 0 Å². The molecular weight excluding hydrogens is 352 g/mol. The average molecular weight is 387 g/mol. The Morgan fingerprint density at radius 3 is 1.32 bits per heavy atom. The summed E-state index contributed by atoms with van der Waals surface area (Å²) in [5.41, 5.74) is 0. The van der Waals surface area contributed by atoms with Gasteiger partial charge in [0.15, 0.2) is 0 Å². The Kier molecular flexibility index (Phi) is 6.31. The molecule has 0 unspecified atom stereocenters. The second-order valence-corrected chi connectivity index (χ2v) is 24.9. The minimum Gasteiger partial charge on any atom is -0.408 e. The van der Waals surface area contributed by atoms with Gasteiger partial charge >= 0.3 is 0 Å².